The van der Waals surface area contributed by atoms with Crippen LogP contribution in [0.2, 0.25) is 5.02 Å². The molecule has 0 bridgehead atoms. The average Bonchev–Trinajstić information content (AvgIpc) is 2.44. The van der Waals surface area contributed by atoms with Crippen molar-refractivity contribution in [3.8, 4) is 0 Å². The van der Waals surface area contributed by atoms with Crippen LogP contribution in [0.1, 0.15) is 28.5 Å². The van der Waals surface area contributed by atoms with Crippen LogP contribution in [-0.4, -0.2) is 17.4 Å². The van der Waals surface area contributed by atoms with Crippen LogP contribution in [0.15, 0.2) is 36.4 Å². The lowest BCUT2D eigenvalue weighted by Crippen LogP contribution is -2.23. The Kier molecular flexibility index (Phi) is 5.17. The Bertz CT molecular complexity index is 643. The summed E-state index contributed by atoms with van der Waals surface area (Å²) in [5.74, 6) is 0.588. The zero-order chi connectivity index (χ0) is 15.2. The lowest BCUT2D eigenvalue weighted by atomic mass is 10.2. The first-order valence-electron chi connectivity index (χ1n) is 6.83. The third-order valence-electron chi connectivity index (χ3n) is 2.92. The number of amides is 1. The van der Waals surface area contributed by atoms with Crippen molar-refractivity contribution >= 4 is 23.3 Å². The van der Waals surface area contributed by atoms with Gasteiger partial charge in [0.15, 0.2) is 0 Å². The molecule has 0 fully saturated rings. The smallest absolute Gasteiger partial charge is 0.251 e. The van der Waals surface area contributed by atoms with Gasteiger partial charge >= 0.3 is 0 Å². The van der Waals surface area contributed by atoms with Crippen molar-refractivity contribution in [1.82, 2.24) is 10.3 Å². The maximum absolute atomic E-state index is 12.2. The topological polar surface area (TPSA) is 54.0 Å². The van der Waals surface area contributed by atoms with Gasteiger partial charge < -0.3 is 10.6 Å². The molecule has 21 heavy (non-hydrogen) atoms. The van der Waals surface area contributed by atoms with E-state index in [0.717, 1.165) is 17.8 Å². The normalized spacial score (nSPS) is 10.2. The Morgan fingerprint density at radius 2 is 2.10 bits per heavy atom. The molecule has 5 heteroatoms. The number of hydrogen-bond donors (Lipinski definition) is 2. The molecule has 2 N–H and O–H groups in total. The molecule has 0 saturated heterocycles. The number of pyridine rings is 1. The van der Waals surface area contributed by atoms with Crippen LogP contribution >= 0.6 is 11.6 Å². The van der Waals surface area contributed by atoms with Crippen LogP contribution in [0.4, 0.5) is 5.82 Å². The van der Waals surface area contributed by atoms with E-state index in [4.69, 9.17) is 11.6 Å². The Balaban J connectivity index is 2.06. The van der Waals surface area contributed by atoms with Crippen LogP contribution in [0, 0.1) is 6.92 Å². The zero-order valence-corrected chi connectivity index (χ0v) is 12.9. The molecule has 1 aromatic carbocycles. The Hall–Kier alpha value is -2.07. The van der Waals surface area contributed by atoms with Crippen LogP contribution in [0.3, 0.4) is 0 Å². The molecular weight excluding hydrogens is 286 g/mol. The van der Waals surface area contributed by atoms with Crippen molar-refractivity contribution in [1.29, 1.82) is 0 Å². The summed E-state index contributed by atoms with van der Waals surface area (Å²) < 4.78 is 0. The number of carbonyl (C=O) groups excluding carboxylic acids is 1. The first kappa shape index (κ1) is 15.3. The number of rotatable bonds is 5. The fourth-order valence-corrected chi connectivity index (χ4v) is 2.22. The van der Waals surface area contributed by atoms with Crippen molar-refractivity contribution in [2.24, 2.45) is 0 Å². The lowest BCUT2D eigenvalue weighted by molar-refractivity contribution is 0.0950. The number of carbonyl (C=O) groups is 1. The van der Waals surface area contributed by atoms with Gasteiger partial charge in [-0.3, -0.25) is 4.79 Å². The largest absolute Gasteiger partial charge is 0.370 e. The Morgan fingerprint density at radius 1 is 1.29 bits per heavy atom. The van der Waals surface area contributed by atoms with Gasteiger partial charge in [0.25, 0.3) is 5.91 Å². The minimum atomic E-state index is -0.125. The molecule has 0 spiro atoms. The molecule has 2 aromatic rings. The van der Waals surface area contributed by atoms with Crippen molar-refractivity contribution in [3.63, 3.8) is 0 Å². The molecule has 0 aliphatic rings. The summed E-state index contributed by atoms with van der Waals surface area (Å²) in [7, 11) is 0. The minimum Gasteiger partial charge on any atom is -0.370 e. The van der Waals surface area contributed by atoms with E-state index in [1.807, 2.05) is 38.1 Å². The molecular formula is C16H18ClN3O. The second-order valence-electron chi connectivity index (χ2n) is 4.73. The minimum absolute atomic E-state index is 0.125. The molecule has 2 rings (SSSR count). The molecule has 0 radical (unpaired) electrons. The predicted octanol–water partition coefficient (Wildman–Crippen LogP) is 3.41. The standard InChI is InChI=1S/C16H18ClN3O/c1-3-18-15-9-13(7-11(2)20-15)16(21)19-10-12-5-4-6-14(17)8-12/h4-9H,3,10H2,1-2H3,(H,18,20)(H,19,21). The molecule has 1 aromatic heterocycles. The molecule has 0 atom stereocenters. The number of halogens is 1. The second-order valence-corrected chi connectivity index (χ2v) is 5.16. The fraction of sp³-hybridized carbons (Fsp3) is 0.250. The summed E-state index contributed by atoms with van der Waals surface area (Å²) in [5.41, 5.74) is 2.37. The fourth-order valence-electron chi connectivity index (χ4n) is 2.00. The number of benzene rings is 1. The molecule has 110 valence electrons. The van der Waals surface area contributed by atoms with E-state index in [1.165, 1.54) is 0 Å². The summed E-state index contributed by atoms with van der Waals surface area (Å²) in [5, 5.41) is 6.67. The van der Waals surface area contributed by atoms with E-state index in [0.29, 0.717) is 22.9 Å². The van der Waals surface area contributed by atoms with Crippen molar-refractivity contribution in [2.75, 3.05) is 11.9 Å². The van der Waals surface area contributed by atoms with Crippen LogP contribution in [0.25, 0.3) is 0 Å². The number of anilines is 1. The molecule has 0 aliphatic heterocycles. The number of aryl methyl sites for hydroxylation is 1. The third kappa shape index (κ3) is 4.46. The van der Waals surface area contributed by atoms with Gasteiger partial charge in [0.05, 0.1) is 0 Å². The quantitative estimate of drug-likeness (QED) is 0.890. The highest BCUT2D eigenvalue weighted by atomic mass is 35.5. The molecule has 0 saturated carbocycles. The van der Waals surface area contributed by atoms with E-state index < -0.39 is 0 Å². The van der Waals surface area contributed by atoms with Gasteiger partial charge in [-0.1, -0.05) is 23.7 Å². The summed E-state index contributed by atoms with van der Waals surface area (Å²) >= 11 is 5.92. The summed E-state index contributed by atoms with van der Waals surface area (Å²) in [6.07, 6.45) is 0. The van der Waals surface area contributed by atoms with Crippen molar-refractivity contribution in [2.45, 2.75) is 20.4 Å². The number of nitrogens with one attached hydrogen (secondary N) is 2. The molecule has 0 unspecified atom stereocenters. The van der Waals surface area contributed by atoms with Gasteiger partial charge in [-0.15, -0.1) is 0 Å². The maximum Gasteiger partial charge on any atom is 0.251 e. The van der Waals surface area contributed by atoms with Gasteiger partial charge in [0.2, 0.25) is 0 Å². The van der Waals surface area contributed by atoms with Gasteiger partial charge in [0.1, 0.15) is 5.82 Å². The highest BCUT2D eigenvalue weighted by Gasteiger charge is 2.08. The van der Waals surface area contributed by atoms with Gasteiger partial charge in [-0.25, -0.2) is 4.98 Å². The van der Waals surface area contributed by atoms with Crippen LogP contribution in [-0.2, 0) is 6.54 Å². The third-order valence-corrected chi connectivity index (χ3v) is 3.15. The first-order valence-corrected chi connectivity index (χ1v) is 7.21. The van der Waals surface area contributed by atoms with Crippen molar-refractivity contribution in [3.05, 3.63) is 58.2 Å². The molecule has 0 aliphatic carbocycles. The monoisotopic (exact) mass is 303 g/mol. The number of hydrogen-bond acceptors (Lipinski definition) is 3. The first-order chi connectivity index (χ1) is 10.1. The van der Waals surface area contributed by atoms with Gasteiger partial charge in [-0.05, 0) is 43.7 Å². The summed E-state index contributed by atoms with van der Waals surface area (Å²) in [4.78, 5) is 16.5. The molecule has 1 heterocycles. The SMILES string of the molecule is CCNc1cc(C(=O)NCc2cccc(Cl)c2)cc(C)n1. The number of nitrogens with zero attached hydrogens (tertiary/aromatic N) is 1. The Morgan fingerprint density at radius 3 is 2.81 bits per heavy atom. The number of aromatic nitrogens is 1. The second kappa shape index (κ2) is 7.09. The maximum atomic E-state index is 12.2. The van der Waals surface area contributed by atoms with Gasteiger partial charge in [0, 0.05) is 29.4 Å². The van der Waals surface area contributed by atoms with Crippen LogP contribution in [0.5, 0.6) is 0 Å². The molecule has 4 nitrogen and oxygen atoms in total. The highest BCUT2D eigenvalue weighted by Crippen LogP contribution is 2.12. The van der Waals surface area contributed by atoms with Crippen LogP contribution < -0.4 is 10.6 Å². The lowest BCUT2D eigenvalue weighted by Gasteiger charge is -2.09. The van der Waals surface area contributed by atoms with E-state index >= 15 is 0 Å². The summed E-state index contributed by atoms with van der Waals surface area (Å²) in [6, 6.07) is 11.0. The van der Waals surface area contributed by atoms with E-state index in [2.05, 4.69) is 15.6 Å². The molecule has 1 amide bonds. The zero-order valence-electron chi connectivity index (χ0n) is 12.1. The predicted molar refractivity (Wildman–Crippen MR) is 85.8 cm³/mol. The summed E-state index contributed by atoms with van der Waals surface area (Å²) in [6.45, 7) is 5.06. The van der Waals surface area contributed by atoms with Gasteiger partial charge in [-0.2, -0.15) is 0 Å². The van der Waals surface area contributed by atoms with Crippen molar-refractivity contribution < 1.29 is 4.79 Å². The average molecular weight is 304 g/mol. The highest BCUT2D eigenvalue weighted by molar-refractivity contribution is 6.30. The van der Waals surface area contributed by atoms with E-state index in [1.54, 1.807) is 12.1 Å². The van der Waals surface area contributed by atoms with E-state index in [9.17, 15) is 4.79 Å². The Labute approximate surface area is 129 Å². The van der Waals surface area contributed by atoms with E-state index in [-0.39, 0.29) is 5.91 Å².